The maximum absolute atomic E-state index is 12.0. The number of allylic oxidation sites excluding steroid dienone is 1. The van der Waals surface area contributed by atoms with E-state index in [1.165, 1.54) is 6.92 Å². The van der Waals surface area contributed by atoms with Crippen molar-refractivity contribution in [3.63, 3.8) is 0 Å². The molecule has 0 aliphatic carbocycles. The van der Waals surface area contributed by atoms with Crippen molar-refractivity contribution in [1.82, 2.24) is 0 Å². The summed E-state index contributed by atoms with van der Waals surface area (Å²) in [6.07, 6.45) is -4.03. The molecule has 0 saturated heterocycles. The van der Waals surface area contributed by atoms with E-state index in [1.54, 1.807) is 0 Å². The van der Waals surface area contributed by atoms with Crippen LogP contribution in [0.15, 0.2) is 21.7 Å². The molecule has 0 aliphatic rings. The summed E-state index contributed by atoms with van der Waals surface area (Å²) >= 11 is 0. The van der Waals surface area contributed by atoms with E-state index < -0.39 is 19.1 Å². The van der Waals surface area contributed by atoms with Crippen LogP contribution in [0.3, 0.4) is 0 Å². The minimum atomic E-state index is -4.70. The molecule has 0 rings (SSSR count). The normalized spacial score (nSPS) is 14.1. The Hall–Kier alpha value is -1.15. The SMILES string of the molecule is C=N/C(=N\C=C(/C)B(O)O)C(F)(F)F. The lowest BCUT2D eigenvalue weighted by molar-refractivity contribution is -0.0596. The molecule has 0 radical (unpaired) electrons. The van der Waals surface area contributed by atoms with Gasteiger partial charge in [-0.25, -0.2) is 9.98 Å². The molecule has 0 heterocycles. The second-order valence-electron chi connectivity index (χ2n) is 2.36. The highest BCUT2D eigenvalue weighted by atomic mass is 19.4. The van der Waals surface area contributed by atoms with Crippen molar-refractivity contribution in [3.8, 4) is 0 Å². The number of hydrogen-bond donors (Lipinski definition) is 2. The van der Waals surface area contributed by atoms with E-state index in [0.29, 0.717) is 6.20 Å². The van der Waals surface area contributed by atoms with Crippen molar-refractivity contribution in [1.29, 1.82) is 0 Å². The lowest BCUT2D eigenvalue weighted by Crippen LogP contribution is -2.20. The summed E-state index contributed by atoms with van der Waals surface area (Å²) in [5.41, 5.74) is -0.129. The summed E-state index contributed by atoms with van der Waals surface area (Å²) in [5, 5.41) is 17.0. The first-order valence-corrected chi connectivity index (χ1v) is 3.43. The van der Waals surface area contributed by atoms with Crippen LogP contribution in [0, 0.1) is 0 Å². The van der Waals surface area contributed by atoms with E-state index in [2.05, 4.69) is 16.7 Å². The summed E-state index contributed by atoms with van der Waals surface area (Å²) in [5.74, 6) is -1.43. The average Bonchev–Trinajstić information content (AvgIpc) is 2.02. The van der Waals surface area contributed by atoms with Gasteiger partial charge in [-0.15, -0.1) is 0 Å². The van der Waals surface area contributed by atoms with Crippen LogP contribution >= 0.6 is 0 Å². The highest BCUT2D eigenvalue weighted by Crippen LogP contribution is 2.18. The molecule has 0 saturated carbocycles. The van der Waals surface area contributed by atoms with Gasteiger partial charge in [-0.3, -0.25) is 0 Å². The second-order valence-corrected chi connectivity index (χ2v) is 2.36. The number of rotatable bonds is 2. The summed E-state index contributed by atoms with van der Waals surface area (Å²) in [6, 6.07) is 0. The van der Waals surface area contributed by atoms with Crippen molar-refractivity contribution >= 4 is 19.7 Å². The van der Waals surface area contributed by atoms with Crippen LogP contribution in [0.2, 0.25) is 0 Å². The molecule has 0 aromatic rings. The highest BCUT2D eigenvalue weighted by Gasteiger charge is 2.35. The number of amidine groups is 1. The molecule has 0 amide bonds. The molecule has 0 bridgehead atoms. The summed E-state index contributed by atoms with van der Waals surface area (Å²) < 4.78 is 35.9. The van der Waals surface area contributed by atoms with Gasteiger partial charge < -0.3 is 10.0 Å². The fraction of sp³-hybridized carbons (Fsp3) is 0.333. The van der Waals surface area contributed by atoms with Gasteiger partial charge in [-0.05, 0) is 19.1 Å². The number of aliphatic imine (C=N–C) groups is 2. The van der Waals surface area contributed by atoms with Crippen molar-refractivity contribution in [2.24, 2.45) is 9.98 Å². The van der Waals surface area contributed by atoms with E-state index in [4.69, 9.17) is 10.0 Å². The van der Waals surface area contributed by atoms with Gasteiger partial charge in [0.1, 0.15) is 0 Å². The van der Waals surface area contributed by atoms with Gasteiger partial charge in [0.15, 0.2) is 0 Å². The third-order valence-electron chi connectivity index (χ3n) is 1.20. The molecule has 0 aliphatic heterocycles. The van der Waals surface area contributed by atoms with Crippen LogP contribution in [0.1, 0.15) is 6.92 Å². The molecule has 0 atom stereocenters. The minimum absolute atomic E-state index is 0.129. The fourth-order valence-electron chi connectivity index (χ4n) is 0.433. The molecule has 4 nitrogen and oxygen atoms in total. The monoisotopic (exact) mass is 208 g/mol. The fourth-order valence-corrected chi connectivity index (χ4v) is 0.433. The lowest BCUT2D eigenvalue weighted by atomic mass is 9.82. The first-order valence-electron chi connectivity index (χ1n) is 3.43. The Balaban J connectivity index is 4.81. The Morgan fingerprint density at radius 2 is 1.93 bits per heavy atom. The summed E-state index contributed by atoms with van der Waals surface area (Å²) in [4.78, 5) is 5.57. The van der Waals surface area contributed by atoms with Crippen molar-refractivity contribution in [2.75, 3.05) is 0 Å². The van der Waals surface area contributed by atoms with Crippen LogP contribution in [0.5, 0.6) is 0 Å². The highest BCUT2D eigenvalue weighted by molar-refractivity contribution is 6.50. The van der Waals surface area contributed by atoms with Crippen LogP contribution in [-0.4, -0.2) is 35.9 Å². The van der Waals surface area contributed by atoms with E-state index in [1.807, 2.05) is 0 Å². The van der Waals surface area contributed by atoms with E-state index in [9.17, 15) is 13.2 Å². The van der Waals surface area contributed by atoms with Crippen molar-refractivity contribution in [3.05, 3.63) is 11.7 Å². The molecule has 0 aromatic carbocycles. The number of halogens is 3. The third kappa shape index (κ3) is 4.19. The Morgan fingerprint density at radius 1 is 1.43 bits per heavy atom. The maximum Gasteiger partial charge on any atom is 0.485 e. The van der Waals surface area contributed by atoms with Crippen LogP contribution in [0.4, 0.5) is 13.2 Å². The second kappa shape index (κ2) is 4.92. The Labute approximate surface area is 78.6 Å². The molecular weight excluding hydrogens is 200 g/mol. The van der Waals surface area contributed by atoms with Crippen LogP contribution < -0.4 is 0 Å². The summed E-state index contributed by atoms with van der Waals surface area (Å²) in [6.45, 7) is 3.91. The smallest absolute Gasteiger partial charge is 0.423 e. The third-order valence-corrected chi connectivity index (χ3v) is 1.20. The zero-order chi connectivity index (χ0) is 11.4. The number of hydrogen-bond acceptors (Lipinski definition) is 3. The quantitative estimate of drug-likeness (QED) is 0.395. The number of alkyl halides is 3. The zero-order valence-electron chi connectivity index (χ0n) is 7.28. The van der Waals surface area contributed by atoms with E-state index >= 15 is 0 Å². The van der Waals surface area contributed by atoms with Crippen molar-refractivity contribution in [2.45, 2.75) is 13.1 Å². The van der Waals surface area contributed by atoms with Gasteiger partial charge in [0.2, 0.25) is 5.84 Å². The zero-order valence-corrected chi connectivity index (χ0v) is 7.28. The molecule has 0 fully saturated rings. The van der Waals surface area contributed by atoms with Crippen molar-refractivity contribution < 1.29 is 23.2 Å². The van der Waals surface area contributed by atoms with Gasteiger partial charge in [0, 0.05) is 6.20 Å². The largest absolute Gasteiger partial charge is 0.485 e. The van der Waals surface area contributed by atoms with Gasteiger partial charge in [0.25, 0.3) is 0 Å². The minimum Gasteiger partial charge on any atom is -0.423 e. The summed E-state index contributed by atoms with van der Waals surface area (Å²) in [7, 11) is -1.84. The van der Waals surface area contributed by atoms with E-state index in [0.717, 1.165) is 0 Å². The van der Waals surface area contributed by atoms with Gasteiger partial charge in [0.05, 0.1) is 0 Å². The Bertz CT molecular complexity index is 273. The molecule has 2 N–H and O–H groups in total. The topological polar surface area (TPSA) is 65.2 Å². The predicted molar refractivity (Wildman–Crippen MR) is 47.0 cm³/mol. The van der Waals surface area contributed by atoms with Gasteiger partial charge in [-0.1, -0.05) is 0 Å². The molecular formula is C6H8BF3N2O2. The molecule has 8 heteroatoms. The molecule has 14 heavy (non-hydrogen) atoms. The molecule has 78 valence electrons. The van der Waals surface area contributed by atoms with Crippen LogP contribution in [0.25, 0.3) is 0 Å². The predicted octanol–water partition coefficient (Wildman–Crippen LogP) is 0.564. The Morgan fingerprint density at radius 3 is 2.21 bits per heavy atom. The molecule has 0 spiro atoms. The standard InChI is InChI=1S/C6H8BF3N2O2/c1-4(7(13)14)3-12-5(11-2)6(8,9)10/h3,13-14H,2H2,1H3/b4-3+,12-5-. The maximum atomic E-state index is 12.0. The van der Waals surface area contributed by atoms with E-state index in [-0.39, 0.29) is 5.47 Å². The van der Waals surface area contributed by atoms with Gasteiger partial charge in [-0.2, -0.15) is 13.2 Å². The van der Waals surface area contributed by atoms with Gasteiger partial charge >= 0.3 is 13.3 Å². The average molecular weight is 208 g/mol. The first-order chi connectivity index (χ1) is 6.29. The Kier molecular flexibility index (Phi) is 4.51. The van der Waals surface area contributed by atoms with Crippen LogP contribution in [-0.2, 0) is 0 Å². The number of nitrogens with zero attached hydrogens (tertiary/aromatic N) is 2. The molecule has 0 unspecified atom stereocenters. The lowest BCUT2D eigenvalue weighted by Gasteiger charge is -2.03. The first kappa shape index (κ1) is 12.9. The molecule has 0 aromatic heterocycles.